The number of nitrogens with zero attached hydrogens (tertiary/aromatic N) is 1. The summed E-state index contributed by atoms with van der Waals surface area (Å²) in [5.74, 6) is 0. The van der Waals surface area contributed by atoms with Crippen LogP contribution in [0.2, 0.25) is 5.02 Å². The molecule has 6 aliphatic carbocycles. The molecule has 0 fully saturated rings. The van der Waals surface area contributed by atoms with Gasteiger partial charge in [0.25, 0.3) is 0 Å². The molecule has 0 aliphatic heterocycles. The minimum absolute atomic E-state index is 0.457. The van der Waals surface area contributed by atoms with Crippen LogP contribution in [0.3, 0.4) is 0 Å². The average Bonchev–Trinajstić information content (AvgIpc) is 1.55. The maximum atomic E-state index is 7.43. The molecule has 0 amide bonds. The number of rotatable bonds is 5. The smallest absolute Gasteiger partial charge is 0.0740 e. The summed E-state index contributed by atoms with van der Waals surface area (Å²) in [5, 5.41) is 4.12. The van der Waals surface area contributed by atoms with Gasteiger partial charge in [-0.05, 0) is 189 Å². The monoisotopic (exact) mass is 1330 g/mol. The molecule has 484 valence electrons. The Bertz CT molecular complexity index is 5760. The molecule has 0 heterocycles. The molecular weight excluding hydrogens is 1260 g/mol. The van der Waals surface area contributed by atoms with Crippen molar-refractivity contribution in [3.05, 3.63) is 494 Å². The highest BCUT2D eigenvalue weighted by Gasteiger charge is 2.62. The number of para-hydroxylation sites is 4. The van der Waals surface area contributed by atoms with Crippen LogP contribution in [-0.2, 0) is 21.7 Å². The van der Waals surface area contributed by atoms with Gasteiger partial charge in [0, 0.05) is 33.3 Å². The van der Waals surface area contributed by atoms with E-state index in [1.165, 1.54) is 139 Å². The topological polar surface area (TPSA) is 15.3 Å². The van der Waals surface area contributed by atoms with Crippen molar-refractivity contribution in [1.29, 1.82) is 0 Å². The molecule has 0 saturated heterocycles. The molecule has 22 rings (SSSR count). The molecule has 3 heteroatoms. The number of benzene rings is 16. The van der Waals surface area contributed by atoms with Gasteiger partial charge in [-0.25, -0.2) is 0 Å². The van der Waals surface area contributed by atoms with Crippen LogP contribution in [0.15, 0.2) is 400 Å². The van der Waals surface area contributed by atoms with Crippen molar-refractivity contribution >= 4 is 40.0 Å². The zero-order chi connectivity index (χ0) is 68.3. The van der Waals surface area contributed by atoms with Crippen LogP contribution in [0, 0.1) is 0 Å². The number of fused-ring (bicyclic) bond motifs is 32. The molecule has 0 radical (unpaired) electrons. The molecule has 0 unspecified atom stereocenters. The van der Waals surface area contributed by atoms with E-state index in [4.69, 9.17) is 11.6 Å². The van der Waals surface area contributed by atoms with E-state index in [2.05, 4.69) is 350 Å². The molecule has 16 aromatic rings. The molecule has 0 bridgehead atoms. The second kappa shape index (κ2) is 23.8. The summed E-state index contributed by atoms with van der Waals surface area (Å²) in [6.45, 7) is 0. The van der Waals surface area contributed by atoms with Crippen LogP contribution in [0.4, 0.5) is 28.4 Å². The quantitative estimate of drug-likeness (QED) is 0.185. The predicted octanol–water partition coefficient (Wildman–Crippen LogP) is 25.0. The fourth-order valence-electron chi connectivity index (χ4n) is 19.5. The Kier molecular flexibility index (Phi) is 13.9. The molecular formula is C100H67ClN2. The van der Waals surface area contributed by atoms with E-state index < -0.39 is 21.7 Å². The number of halogens is 1. The lowest BCUT2D eigenvalue weighted by atomic mass is 9.52. The maximum Gasteiger partial charge on any atom is 0.0740 e. The first-order valence-electron chi connectivity index (χ1n) is 35.8. The van der Waals surface area contributed by atoms with Gasteiger partial charge in [0.15, 0.2) is 0 Å². The Morgan fingerprint density at radius 2 is 0.408 bits per heavy atom. The fraction of sp³-hybridized carbons (Fsp3) is 0.0400. The van der Waals surface area contributed by atoms with E-state index >= 15 is 0 Å². The first kappa shape index (κ1) is 60.4. The summed E-state index contributed by atoms with van der Waals surface area (Å²) in [4.78, 5) is 2.48. The molecule has 4 spiro atoms. The van der Waals surface area contributed by atoms with Crippen LogP contribution in [-0.4, -0.2) is 0 Å². The van der Waals surface area contributed by atoms with Crippen molar-refractivity contribution in [2.24, 2.45) is 0 Å². The molecule has 103 heavy (non-hydrogen) atoms. The Hall–Kier alpha value is -12.6. The lowest BCUT2D eigenvalue weighted by Gasteiger charge is -2.50. The van der Waals surface area contributed by atoms with Crippen molar-refractivity contribution in [1.82, 2.24) is 0 Å². The largest absolute Gasteiger partial charge is 0.356 e. The molecule has 16 aromatic carbocycles. The van der Waals surface area contributed by atoms with Crippen LogP contribution < -0.4 is 10.2 Å². The molecule has 1 N–H and O–H groups in total. The first-order chi connectivity index (χ1) is 51.1. The zero-order valence-electron chi connectivity index (χ0n) is 56.4. The van der Waals surface area contributed by atoms with Gasteiger partial charge in [-0.3, -0.25) is 0 Å². The van der Waals surface area contributed by atoms with Gasteiger partial charge < -0.3 is 10.2 Å². The molecule has 2 nitrogen and oxygen atoms in total. The Balaban J connectivity index is 0.000000120. The third kappa shape index (κ3) is 8.39. The van der Waals surface area contributed by atoms with E-state index in [0.29, 0.717) is 0 Å². The molecule has 0 atom stereocenters. The SMILES string of the molecule is Clc1cccc2c1C1(c3ccccc3-c3ccccc31)c1ccccc1C21c2ccccc2-c2ccccc21.c1ccc(N(c2ccccc2)c2cccc3c2C2(c4ccccc4-c4ccccc42)c2ccccc2C32c3ccccc3-c3ccccc32)cc1.c1ccc(Nc2ccccc2)cc1. The normalized spacial score (nSPS) is 14.4. The summed E-state index contributed by atoms with van der Waals surface area (Å²) in [6.07, 6.45) is 0. The maximum absolute atomic E-state index is 7.43. The van der Waals surface area contributed by atoms with Crippen molar-refractivity contribution in [2.75, 3.05) is 10.2 Å². The molecule has 0 aromatic heterocycles. The molecule has 6 aliphatic rings. The fourth-order valence-corrected chi connectivity index (χ4v) is 19.8. The van der Waals surface area contributed by atoms with Gasteiger partial charge in [-0.2, -0.15) is 0 Å². The van der Waals surface area contributed by atoms with Crippen molar-refractivity contribution in [3.63, 3.8) is 0 Å². The second-order valence-corrected chi connectivity index (χ2v) is 28.1. The van der Waals surface area contributed by atoms with E-state index in [1.54, 1.807) is 0 Å². The van der Waals surface area contributed by atoms with E-state index in [1.807, 2.05) is 60.7 Å². The molecule has 0 saturated carbocycles. The van der Waals surface area contributed by atoms with Crippen LogP contribution in [0.5, 0.6) is 0 Å². The third-order valence-electron chi connectivity index (χ3n) is 23.0. The highest BCUT2D eigenvalue weighted by molar-refractivity contribution is 6.32. The van der Waals surface area contributed by atoms with Crippen LogP contribution in [0.1, 0.15) is 89.0 Å². The van der Waals surface area contributed by atoms with Crippen LogP contribution >= 0.6 is 11.6 Å². The summed E-state index contributed by atoms with van der Waals surface area (Å²) < 4.78 is 0. The summed E-state index contributed by atoms with van der Waals surface area (Å²) in [5.41, 5.74) is 35.2. The van der Waals surface area contributed by atoms with Gasteiger partial charge in [0.2, 0.25) is 0 Å². The Morgan fingerprint density at radius 1 is 0.184 bits per heavy atom. The Labute approximate surface area is 606 Å². The minimum Gasteiger partial charge on any atom is -0.356 e. The number of nitrogens with one attached hydrogen (secondary N) is 1. The van der Waals surface area contributed by atoms with Crippen LogP contribution in [0.25, 0.3) is 44.5 Å². The Morgan fingerprint density at radius 3 is 0.728 bits per heavy atom. The van der Waals surface area contributed by atoms with Gasteiger partial charge in [-0.1, -0.05) is 351 Å². The summed E-state index contributed by atoms with van der Waals surface area (Å²) >= 11 is 7.43. The van der Waals surface area contributed by atoms with Crippen molar-refractivity contribution in [3.8, 4) is 44.5 Å². The minimum atomic E-state index is -0.574. The number of hydrogen-bond donors (Lipinski definition) is 1. The standard InChI is InChI=1S/C50H33N.C38H23Cl.C12H11N/c1-3-18-34(19-4-1)51(35-20-5-2-6-21-35)47-33-17-32-46-48(47)50(42-28-13-9-24-38(42)39-25-10-14-29-43(39)50)45-31-16-15-30-44(45)49(46)40-26-11-7-22-36(40)37-23-8-12-27-41(37)49;39-35-23-11-22-34-36(35)38(30-18-7-3-14-26(30)27-15-4-8-19-31(27)38)33-21-10-9-20-32(33)37(34)28-16-5-1-12-24(28)25-13-2-6-17-29(25)37;1-3-7-11(8-4-1)13-12-9-5-2-6-10-12/h1-33H;1-23H;1-10,13H. The van der Waals surface area contributed by atoms with Gasteiger partial charge >= 0.3 is 0 Å². The highest BCUT2D eigenvalue weighted by Crippen LogP contribution is 2.71. The first-order valence-corrected chi connectivity index (χ1v) is 36.1. The lowest BCUT2D eigenvalue weighted by molar-refractivity contribution is 0.633. The van der Waals surface area contributed by atoms with Gasteiger partial charge in [-0.15, -0.1) is 0 Å². The summed E-state index contributed by atoms with van der Waals surface area (Å²) in [6, 6.07) is 146. The number of hydrogen-bond acceptors (Lipinski definition) is 2. The second-order valence-electron chi connectivity index (χ2n) is 27.7. The van der Waals surface area contributed by atoms with Crippen molar-refractivity contribution < 1.29 is 0 Å². The highest BCUT2D eigenvalue weighted by atomic mass is 35.5. The van der Waals surface area contributed by atoms with Gasteiger partial charge in [0.05, 0.1) is 27.3 Å². The predicted molar refractivity (Wildman–Crippen MR) is 425 cm³/mol. The van der Waals surface area contributed by atoms with E-state index in [-0.39, 0.29) is 0 Å². The zero-order valence-corrected chi connectivity index (χ0v) is 57.2. The van der Waals surface area contributed by atoms with Gasteiger partial charge in [0.1, 0.15) is 0 Å². The lowest BCUT2D eigenvalue weighted by Crippen LogP contribution is -2.44. The van der Waals surface area contributed by atoms with E-state index in [9.17, 15) is 0 Å². The van der Waals surface area contributed by atoms with Crippen molar-refractivity contribution in [2.45, 2.75) is 21.7 Å². The average molecular weight is 1330 g/mol. The van der Waals surface area contributed by atoms with E-state index in [0.717, 1.165) is 27.8 Å². The number of anilines is 5. The summed E-state index contributed by atoms with van der Waals surface area (Å²) in [7, 11) is 0. The third-order valence-corrected chi connectivity index (χ3v) is 23.3.